The monoisotopic (exact) mass is 359 g/mol. The molecule has 2 aromatic rings. The van der Waals surface area contributed by atoms with Crippen LogP contribution in [0.1, 0.15) is 30.8 Å². The quantitative estimate of drug-likeness (QED) is 0.472. The van der Waals surface area contributed by atoms with Crippen LogP contribution in [0.15, 0.2) is 22.9 Å². The number of nitrogens with zero attached hydrogens (tertiary/aromatic N) is 3. The number of rotatable bonds is 6. The van der Waals surface area contributed by atoms with E-state index in [1.54, 1.807) is 4.68 Å². The summed E-state index contributed by atoms with van der Waals surface area (Å²) in [6.07, 6.45) is 2.81. The topological polar surface area (TPSA) is 68.8 Å². The number of benzene rings is 1. The number of hydrazine groups is 1. The van der Waals surface area contributed by atoms with Gasteiger partial charge in [-0.1, -0.05) is 13.0 Å². The van der Waals surface area contributed by atoms with E-state index in [1.165, 1.54) is 12.4 Å². The molecule has 0 spiro atoms. The van der Waals surface area contributed by atoms with Crippen molar-refractivity contribution in [2.75, 3.05) is 0 Å². The second-order valence-electron chi connectivity index (χ2n) is 4.59. The Morgan fingerprint density at radius 3 is 2.86 bits per heavy atom. The molecule has 0 aliphatic rings. The third-order valence-electron chi connectivity index (χ3n) is 3.16. The van der Waals surface area contributed by atoms with Gasteiger partial charge in [0, 0.05) is 13.0 Å². The molecule has 1 unspecified atom stereocenters. The minimum absolute atomic E-state index is 0.0620. The lowest BCUT2D eigenvalue weighted by Crippen LogP contribution is -2.31. The molecule has 114 valence electrons. The molecule has 0 amide bonds. The van der Waals surface area contributed by atoms with Crippen molar-refractivity contribution in [1.82, 2.24) is 20.2 Å². The third-order valence-corrected chi connectivity index (χ3v) is 3.97. The Balaban J connectivity index is 2.28. The summed E-state index contributed by atoms with van der Waals surface area (Å²) < 4.78 is 28.7. The number of hydrogen-bond acceptors (Lipinski definition) is 4. The maximum atomic E-state index is 13.6. The zero-order chi connectivity index (χ0) is 15.4. The predicted octanol–water partition coefficient (Wildman–Crippen LogP) is 2.48. The molecule has 0 saturated heterocycles. The molecule has 0 radical (unpaired) electrons. The first-order valence-electron chi connectivity index (χ1n) is 6.54. The second-order valence-corrected chi connectivity index (χ2v) is 5.38. The van der Waals surface area contributed by atoms with Crippen LogP contribution in [-0.2, 0) is 13.0 Å². The Hall–Kier alpha value is -1.38. The summed E-state index contributed by atoms with van der Waals surface area (Å²) in [5.41, 5.74) is 3.14. The highest BCUT2D eigenvalue weighted by Gasteiger charge is 2.20. The van der Waals surface area contributed by atoms with Gasteiger partial charge < -0.3 is 0 Å². The largest absolute Gasteiger partial charge is 0.271 e. The minimum Gasteiger partial charge on any atom is -0.271 e. The van der Waals surface area contributed by atoms with Crippen LogP contribution in [-0.4, -0.2) is 14.8 Å². The van der Waals surface area contributed by atoms with Crippen LogP contribution in [0.2, 0.25) is 0 Å². The van der Waals surface area contributed by atoms with Gasteiger partial charge in [-0.25, -0.2) is 13.8 Å². The molecule has 1 atom stereocenters. The molecule has 21 heavy (non-hydrogen) atoms. The van der Waals surface area contributed by atoms with E-state index in [9.17, 15) is 8.78 Å². The van der Waals surface area contributed by atoms with E-state index in [1.807, 2.05) is 6.92 Å². The average molecular weight is 360 g/mol. The van der Waals surface area contributed by atoms with Gasteiger partial charge in [0.05, 0.1) is 10.5 Å². The second kappa shape index (κ2) is 7.06. The van der Waals surface area contributed by atoms with E-state index < -0.39 is 17.7 Å². The van der Waals surface area contributed by atoms with Crippen molar-refractivity contribution in [2.24, 2.45) is 5.84 Å². The molecule has 1 aromatic heterocycles. The summed E-state index contributed by atoms with van der Waals surface area (Å²) in [6.45, 7) is 2.78. The minimum atomic E-state index is -0.928. The van der Waals surface area contributed by atoms with Crippen LogP contribution in [0, 0.1) is 11.6 Å². The molecule has 2 rings (SSSR count). The molecule has 3 N–H and O–H groups in total. The first kappa shape index (κ1) is 16.0. The van der Waals surface area contributed by atoms with Crippen molar-refractivity contribution >= 4 is 15.9 Å². The maximum Gasteiger partial charge on any atom is 0.173 e. The van der Waals surface area contributed by atoms with Gasteiger partial charge in [0.2, 0.25) is 0 Å². The SMILES string of the molecule is CCCn1ncnc1CC(NN)c1ccc(F)c(F)c1Br. The van der Waals surface area contributed by atoms with E-state index in [0.717, 1.165) is 24.9 Å². The molecule has 8 heteroatoms. The van der Waals surface area contributed by atoms with Crippen molar-refractivity contribution < 1.29 is 8.78 Å². The Bertz CT molecular complexity index is 617. The van der Waals surface area contributed by atoms with E-state index in [-0.39, 0.29) is 4.47 Å². The summed E-state index contributed by atoms with van der Waals surface area (Å²) in [4.78, 5) is 4.19. The van der Waals surface area contributed by atoms with Gasteiger partial charge in [-0.3, -0.25) is 16.0 Å². The average Bonchev–Trinajstić information content (AvgIpc) is 2.91. The number of aromatic nitrogens is 3. The molecular weight excluding hydrogens is 344 g/mol. The third kappa shape index (κ3) is 3.45. The molecule has 0 aliphatic carbocycles. The normalized spacial score (nSPS) is 12.6. The maximum absolute atomic E-state index is 13.6. The number of nitrogens with two attached hydrogens (primary N) is 1. The van der Waals surface area contributed by atoms with Crippen molar-refractivity contribution in [1.29, 1.82) is 0 Å². The van der Waals surface area contributed by atoms with E-state index in [4.69, 9.17) is 5.84 Å². The number of nitrogens with one attached hydrogen (secondary N) is 1. The highest BCUT2D eigenvalue weighted by Crippen LogP contribution is 2.29. The predicted molar refractivity (Wildman–Crippen MR) is 78.1 cm³/mol. The summed E-state index contributed by atoms with van der Waals surface area (Å²) in [6, 6.07) is 2.17. The molecule has 1 heterocycles. The van der Waals surface area contributed by atoms with E-state index in [2.05, 4.69) is 31.4 Å². The number of aryl methyl sites for hydroxylation is 1. The van der Waals surface area contributed by atoms with Gasteiger partial charge in [0.15, 0.2) is 11.6 Å². The van der Waals surface area contributed by atoms with Gasteiger partial charge in [0.25, 0.3) is 0 Å². The Morgan fingerprint density at radius 2 is 2.19 bits per heavy atom. The Morgan fingerprint density at radius 1 is 1.43 bits per heavy atom. The molecule has 0 fully saturated rings. The van der Waals surface area contributed by atoms with Crippen molar-refractivity contribution in [2.45, 2.75) is 32.4 Å². The van der Waals surface area contributed by atoms with Gasteiger partial charge >= 0.3 is 0 Å². The van der Waals surface area contributed by atoms with Gasteiger partial charge in [-0.05, 0) is 34.0 Å². The number of halogens is 3. The fourth-order valence-electron chi connectivity index (χ4n) is 2.10. The smallest absolute Gasteiger partial charge is 0.173 e. The molecular formula is C13H16BrF2N5. The molecule has 0 aliphatic heterocycles. The summed E-state index contributed by atoms with van der Waals surface area (Å²) >= 11 is 3.07. The zero-order valence-corrected chi connectivity index (χ0v) is 13.1. The van der Waals surface area contributed by atoms with Crippen LogP contribution in [0.4, 0.5) is 8.78 Å². The van der Waals surface area contributed by atoms with Crippen molar-refractivity contribution in [3.8, 4) is 0 Å². The van der Waals surface area contributed by atoms with Crippen molar-refractivity contribution in [3.05, 3.63) is 46.0 Å². The lowest BCUT2D eigenvalue weighted by molar-refractivity contribution is 0.478. The summed E-state index contributed by atoms with van der Waals surface area (Å²) in [5.74, 6) is 4.46. The molecule has 0 saturated carbocycles. The van der Waals surface area contributed by atoms with Gasteiger partial charge in [-0.15, -0.1) is 0 Å². The fourth-order valence-corrected chi connectivity index (χ4v) is 2.69. The Kier molecular flexibility index (Phi) is 5.38. The summed E-state index contributed by atoms with van der Waals surface area (Å²) in [5, 5.41) is 4.13. The van der Waals surface area contributed by atoms with Crippen LogP contribution in [0.3, 0.4) is 0 Å². The zero-order valence-electron chi connectivity index (χ0n) is 11.5. The van der Waals surface area contributed by atoms with Crippen LogP contribution < -0.4 is 11.3 Å². The highest BCUT2D eigenvalue weighted by atomic mass is 79.9. The van der Waals surface area contributed by atoms with Gasteiger partial charge in [0.1, 0.15) is 12.2 Å². The fraction of sp³-hybridized carbons (Fsp3) is 0.385. The Labute approximate surface area is 129 Å². The first-order chi connectivity index (χ1) is 10.1. The lowest BCUT2D eigenvalue weighted by atomic mass is 10.0. The molecule has 0 bridgehead atoms. The van der Waals surface area contributed by atoms with E-state index in [0.29, 0.717) is 12.0 Å². The molecule has 1 aromatic carbocycles. The summed E-state index contributed by atoms with van der Waals surface area (Å²) in [7, 11) is 0. The lowest BCUT2D eigenvalue weighted by Gasteiger charge is -2.18. The highest BCUT2D eigenvalue weighted by molar-refractivity contribution is 9.10. The van der Waals surface area contributed by atoms with Crippen LogP contribution in [0.25, 0.3) is 0 Å². The van der Waals surface area contributed by atoms with Crippen LogP contribution in [0.5, 0.6) is 0 Å². The van der Waals surface area contributed by atoms with Crippen molar-refractivity contribution in [3.63, 3.8) is 0 Å². The first-order valence-corrected chi connectivity index (χ1v) is 7.34. The number of hydrogen-bond donors (Lipinski definition) is 2. The van der Waals surface area contributed by atoms with E-state index >= 15 is 0 Å². The standard InChI is InChI=1S/C13H16BrF2N5/c1-2-5-21-11(18-7-19-21)6-10(20-17)8-3-4-9(15)13(16)12(8)14/h3-4,7,10,20H,2,5-6,17H2,1H3. The van der Waals surface area contributed by atoms with Crippen LogP contribution >= 0.6 is 15.9 Å². The molecule has 5 nitrogen and oxygen atoms in total. The van der Waals surface area contributed by atoms with Gasteiger partial charge in [-0.2, -0.15) is 5.10 Å².